The van der Waals surface area contributed by atoms with Gasteiger partial charge in [-0.15, -0.1) is 0 Å². The number of imidazole rings is 1. The fraction of sp³-hybridized carbons (Fsp3) is 0.750. The van der Waals surface area contributed by atoms with Crippen LogP contribution in [0.2, 0.25) is 0 Å². The predicted octanol–water partition coefficient (Wildman–Crippen LogP) is 1.45. The molecule has 0 aromatic carbocycles. The van der Waals surface area contributed by atoms with Crippen molar-refractivity contribution in [3.63, 3.8) is 0 Å². The van der Waals surface area contributed by atoms with E-state index in [9.17, 15) is 4.79 Å². The molecule has 0 aliphatic carbocycles. The van der Waals surface area contributed by atoms with Crippen LogP contribution in [0.5, 0.6) is 0 Å². The third kappa shape index (κ3) is 3.85. The molecule has 0 atom stereocenters. The second kappa shape index (κ2) is 7.28. The van der Waals surface area contributed by atoms with Gasteiger partial charge >= 0.3 is 5.69 Å². The number of rotatable bonds is 8. The second-order valence-corrected chi connectivity index (χ2v) is 4.07. The monoisotopic (exact) mass is 225 g/mol. The average molecular weight is 225 g/mol. The highest BCUT2D eigenvalue weighted by Crippen LogP contribution is 1.90. The van der Waals surface area contributed by atoms with Gasteiger partial charge in [0, 0.05) is 25.5 Å². The molecule has 0 bridgehead atoms. The molecule has 1 aromatic heterocycles. The molecule has 0 aliphatic rings. The van der Waals surface area contributed by atoms with Gasteiger partial charge in [-0.05, 0) is 32.4 Å². The first kappa shape index (κ1) is 13.0. The summed E-state index contributed by atoms with van der Waals surface area (Å²) in [7, 11) is 0. The van der Waals surface area contributed by atoms with E-state index in [-0.39, 0.29) is 5.69 Å². The Hall–Kier alpha value is -1.03. The van der Waals surface area contributed by atoms with Crippen LogP contribution >= 0.6 is 0 Å². The summed E-state index contributed by atoms with van der Waals surface area (Å²) in [4.78, 5) is 11.8. The zero-order valence-corrected chi connectivity index (χ0v) is 10.4. The first-order valence-corrected chi connectivity index (χ1v) is 6.25. The molecule has 4 heteroatoms. The number of nitrogens with zero attached hydrogens (tertiary/aromatic N) is 2. The van der Waals surface area contributed by atoms with Crippen molar-refractivity contribution >= 4 is 0 Å². The highest BCUT2D eigenvalue weighted by molar-refractivity contribution is 4.81. The van der Waals surface area contributed by atoms with E-state index in [2.05, 4.69) is 19.2 Å². The molecule has 1 aromatic rings. The van der Waals surface area contributed by atoms with E-state index in [1.165, 1.54) is 0 Å². The molecule has 0 saturated heterocycles. The number of aryl methyl sites for hydroxylation is 2. The lowest BCUT2D eigenvalue weighted by Gasteiger charge is -2.03. The molecule has 1 rings (SSSR count). The van der Waals surface area contributed by atoms with E-state index in [4.69, 9.17) is 0 Å². The van der Waals surface area contributed by atoms with E-state index < -0.39 is 0 Å². The van der Waals surface area contributed by atoms with Crippen LogP contribution < -0.4 is 11.0 Å². The lowest BCUT2D eigenvalue weighted by molar-refractivity contribution is 0.551. The molecule has 0 spiro atoms. The number of hydrogen-bond donors (Lipinski definition) is 1. The van der Waals surface area contributed by atoms with Crippen molar-refractivity contribution in [2.45, 2.75) is 46.2 Å². The molecule has 16 heavy (non-hydrogen) atoms. The average Bonchev–Trinajstić information content (AvgIpc) is 2.62. The molecule has 0 fully saturated rings. The minimum atomic E-state index is 0.123. The van der Waals surface area contributed by atoms with Crippen molar-refractivity contribution < 1.29 is 0 Å². The fourth-order valence-electron chi connectivity index (χ4n) is 1.71. The van der Waals surface area contributed by atoms with Crippen LogP contribution in [-0.2, 0) is 13.1 Å². The lowest BCUT2D eigenvalue weighted by atomic mass is 10.4. The lowest BCUT2D eigenvalue weighted by Crippen LogP contribution is -2.25. The first-order chi connectivity index (χ1) is 7.79. The second-order valence-electron chi connectivity index (χ2n) is 4.07. The Morgan fingerprint density at radius 3 is 2.38 bits per heavy atom. The van der Waals surface area contributed by atoms with Gasteiger partial charge in [0.15, 0.2) is 0 Å². The Balaban J connectivity index is 2.34. The quantitative estimate of drug-likeness (QED) is 0.680. The van der Waals surface area contributed by atoms with Crippen LogP contribution in [0.3, 0.4) is 0 Å². The van der Waals surface area contributed by atoms with E-state index in [0.29, 0.717) is 0 Å². The summed E-state index contributed by atoms with van der Waals surface area (Å²) in [6.45, 7) is 7.91. The largest absolute Gasteiger partial charge is 0.328 e. The van der Waals surface area contributed by atoms with Crippen LogP contribution in [0.15, 0.2) is 17.2 Å². The number of aromatic nitrogens is 2. The van der Waals surface area contributed by atoms with Crippen LogP contribution in [0, 0.1) is 0 Å². The highest BCUT2D eigenvalue weighted by atomic mass is 16.1. The molecular formula is C12H23N3O. The van der Waals surface area contributed by atoms with Crippen molar-refractivity contribution in [1.29, 1.82) is 0 Å². The molecular weight excluding hydrogens is 202 g/mol. The van der Waals surface area contributed by atoms with E-state index in [1.807, 2.05) is 12.4 Å². The Bertz CT molecular complexity index is 340. The fourth-order valence-corrected chi connectivity index (χ4v) is 1.71. The Morgan fingerprint density at radius 2 is 1.75 bits per heavy atom. The molecule has 0 amide bonds. The summed E-state index contributed by atoms with van der Waals surface area (Å²) in [6.07, 6.45) is 6.94. The summed E-state index contributed by atoms with van der Waals surface area (Å²) < 4.78 is 3.57. The van der Waals surface area contributed by atoms with Crippen LogP contribution in [0.1, 0.15) is 33.1 Å². The number of nitrogens with one attached hydrogen (secondary N) is 1. The summed E-state index contributed by atoms with van der Waals surface area (Å²) >= 11 is 0. The zero-order chi connectivity index (χ0) is 11.8. The van der Waals surface area contributed by atoms with E-state index in [1.54, 1.807) is 9.13 Å². The highest BCUT2D eigenvalue weighted by Gasteiger charge is 2.01. The Kier molecular flexibility index (Phi) is 5.93. The van der Waals surface area contributed by atoms with Crippen molar-refractivity contribution in [1.82, 2.24) is 14.5 Å². The van der Waals surface area contributed by atoms with Gasteiger partial charge in [-0.2, -0.15) is 0 Å². The van der Waals surface area contributed by atoms with Crippen molar-refractivity contribution in [3.8, 4) is 0 Å². The topological polar surface area (TPSA) is 39.0 Å². The minimum absolute atomic E-state index is 0.123. The SMILES string of the molecule is CCCNCCCn1ccn(CCC)c1=O. The third-order valence-electron chi connectivity index (χ3n) is 2.56. The molecule has 0 unspecified atom stereocenters. The van der Waals surface area contributed by atoms with Gasteiger partial charge in [-0.25, -0.2) is 4.79 Å². The summed E-state index contributed by atoms with van der Waals surface area (Å²) in [5.41, 5.74) is 0.123. The third-order valence-corrected chi connectivity index (χ3v) is 2.56. The van der Waals surface area contributed by atoms with Crippen LogP contribution in [0.25, 0.3) is 0 Å². The van der Waals surface area contributed by atoms with Gasteiger partial charge in [-0.1, -0.05) is 13.8 Å². The van der Waals surface area contributed by atoms with Crippen molar-refractivity contribution in [2.75, 3.05) is 13.1 Å². The summed E-state index contributed by atoms with van der Waals surface area (Å²) in [5.74, 6) is 0. The normalized spacial score (nSPS) is 10.9. The van der Waals surface area contributed by atoms with Gasteiger partial charge in [0.2, 0.25) is 0 Å². The smallest absolute Gasteiger partial charge is 0.317 e. The Morgan fingerprint density at radius 1 is 1.06 bits per heavy atom. The van der Waals surface area contributed by atoms with E-state index in [0.717, 1.165) is 45.4 Å². The maximum absolute atomic E-state index is 11.8. The molecule has 0 aliphatic heterocycles. The molecule has 92 valence electrons. The Labute approximate surface area is 97.3 Å². The van der Waals surface area contributed by atoms with Crippen LogP contribution in [-0.4, -0.2) is 22.2 Å². The molecule has 1 heterocycles. The van der Waals surface area contributed by atoms with Crippen LogP contribution in [0.4, 0.5) is 0 Å². The molecule has 0 saturated carbocycles. The summed E-state index contributed by atoms with van der Waals surface area (Å²) in [6, 6.07) is 0. The summed E-state index contributed by atoms with van der Waals surface area (Å²) in [5, 5.41) is 3.33. The van der Waals surface area contributed by atoms with Gasteiger partial charge in [0.25, 0.3) is 0 Å². The maximum atomic E-state index is 11.8. The molecule has 0 radical (unpaired) electrons. The van der Waals surface area contributed by atoms with Crippen molar-refractivity contribution in [2.24, 2.45) is 0 Å². The minimum Gasteiger partial charge on any atom is -0.317 e. The van der Waals surface area contributed by atoms with Gasteiger partial charge in [-0.3, -0.25) is 9.13 Å². The van der Waals surface area contributed by atoms with Gasteiger partial charge < -0.3 is 5.32 Å². The van der Waals surface area contributed by atoms with E-state index >= 15 is 0 Å². The standard InChI is InChI=1S/C12H23N3O/c1-3-6-13-7-5-9-15-11-10-14(8-4-2)12(15)16/h10-11,13H,3-9H2,1-2H3. The van der Waals surface area contributed by atoms with Crippen molar-refractivity contribution in [3.05, 3.63) is 22.9 Å². The molecule has 4 nitrogen and oxygen atoms in total. The molecule has 1 N–H and O–H groups in total. The number of hydrogen-bond acceptors (Lipinski definition) is 2. The predicted molar refractivity (Wildman–Crippen MR) is 66.8 cm³/mol. The van der Waals surface area contributed by atoms with Gasteiger partial charge in [0.05, 0.1) is 0 Å². The zero-order valence-electron chi connectivity index (χ0n) is 10.4. The van der Waals surface area contributed by atoms with Gasteiger partial charge in [0.1, 0.15) is 0 Å². The maximum Gasteiger partial charge on any atom is 0.328 e. The first-order valence-electron chi connectivity index (χ1n) is 6.25.